The van der Waals surface area contributed by atoms with Gasteiger partial charge in [-0.05, 0) is 31.2 Å². The zero-order valence-corrected chi connectivity index (χ0v) is 17.1. The Bertz CT molecular complexity index is 1070. The van der Waals surface area contributed by atoms with Crippen molar-refractivity contribution in [3.63, 3.8) is 0 Å². The first kappa shape index (κ1) is 19.0. The Kier molecular flexibility index (Phi) is 5.34. The summed E-state index contributed by atoms with van der Waals surface area (Å²) in [6.07, 6.45) is 4.20. The molecule has 1 saturated heterocycles. The molecule has 6 nitrogen and oxygen atoms in total. The van der Waals surface area contributed by atoms with Crippen LogP contribution in [0.3, 0.4) is 0 Å². The van der Waals surface area contributed by atoms with E-state index >= 15 is 0 Å². The number of aliphatic hydroxyl groups excluding tert-OH is 1. The molecule has 2 aromatic carbocycles. The molecule has 1 aliphatic heterocycles. The van der Waals surface area contributed by atoms with Gasteiger partial charge in [0.15, 0.2) is 0 Å². The van der Waals surface area contributed by atoms with E-state index in [9.17, 15) is 5.11 Å². The van der Waals surface area contributed by atoms with Crippen molar-refractivity contribution in [2.24, 2.45) is 0 Å². The first-order valence-electron chi connectivity index (χ1n) is 10.7. The lowest BCUT2D eigenvalue weighted by Crippen LogP contribution is -2.37. The monoisotopic (exact) mass is 401 g/mol. The molecular weight excluding hydrogens is 374 g/mol. The van der Waals surface area contributed by atoms with Crippen LogP contribution < -0.4 is 4.90 Å². The summed E-state index contributed by atoms with van der Waals surface area (Å²) >= 11 is 0. The second-order valence-corrected chi connectivity index (χ2v) is 7.99. The Hall–Kier alpha value is -2.96. The molecule has 30 heavy (non-hydrogen) atoms. The van der Waals surface area contributed by atoms with Crippen molar-refractivity contribution in [3.05, 3.63) is 67.0 Å². The van der Waals surface area contributed by atoms with E-state index in [1.54, 1.807) is 12.4 Å². The van der Waals surface area contributed by atoms with Gasteiger partial charge in [0.1, 0.15) is 0 Å². The van der Waals surface area contributed by atoms with E-state index in [2.05, 4.69) is 72.9 Å². The Balaban J connectivity index is 1.29. The molecule has 0 aliphatic carbocycles. The Morgan fingerprint density at radius 1 is 0.767 bits per heavy atom. The zero-order valence-electron chi connectivity index (χ0n) is 17.1. The highest BCUT2D eigenvalue weighted by Gasteiger charge is 2.20. The zero-order chi connectivity index (χ0) is 20.3. The third-order valence-electron chi connectivity index (χ3n) is 5.97. The van der Waals surface area contributed by atoms with Crippen molar-refractivity contribution in [2.75, 3.05) is 37.6 Å². The summed E-state index contributed by atoms with van der Waals surface area (Å²) in [4.78, 5) is 13.4. The highest BCUT2D eigenvalue weighted by atomic mass is 16.3. The van der Waals surface area contributed by atoms with Gasteiger partial charge in [-0.2, -0.15) is 0 Å². The van der Waals surface area contributed by atoms with E-state index in [0.717, 1.165) is 38.5 Å². The van der Waals surface area contributed by atoms with Crippen molar-refractivity contribution >= 4 is 27.8 Å². The van der Waals surface area contributed by atoms with Gasteiger partial charge in [0.2, 0.25) is 5.95 Å². The van der Waals surface area contributed by atoms with E-state index in [0.29, 0.717) is 13.1 Å². The average molecular weight is 402 g/mol. The third kappa shape index (κ3) is 3.76. The molecule has 3 heterocycles. The molecule has 6 heteroatoms. The fraction of sp³-hybridized carbons (Fsp3) is 0.333. The number of rotatable bonds is 5. The average Bonchev–Trinajstić information content (AvgIpc) is 2.93. The number of aromatic nitrogens is 3. The fourth-order valence-electron chi connectivity index (χ4n) is 4.57. The van der Waals surface area contributed by atoms with Crippen LogP contribution in [0.4, 0.5) is 5.95 Å². The molecule has 154 valence electrons. The lowest BCUT2D eigenvalue weighted by molar-refractivity contribution is 0.103. The molecule has 4 aromatic rings. The normalized spacial score (nSPS) is 16.8. The summed E-state index contributed by atoms with van der Waals surface area (Å²) in [6.45, 7) is 4.98. The quantitative estimate of drug-likeness (QED) is 0.557. The molecule has 0 bridgehead atoms. The van der Waals surface area contributed by atoms with Gasteiger partial charge >= 0.3 is 0 Å². The number of fused-ring (bicyclic) bond motifs is 3. The van der Waals surface area contributed by atoms with Crippen molar-refractivity contribution in [3.8, 4) is 0 Å². The van der Waals surface area contributed by atoms with E-state index in [-0.39, 0.29) is 0 Å². The summed E-state index contributed by atoms with van der Waals surface area (Å²) in [5, 5.41) is 13.5. The van der Waals surface area contributed by atoms with Crippen molar-refractivity contribution < 1.29 is 5.11 Å². The number of hydrogen-bond donors (Lipinski definition) is 1. The van der Waals surface area contributed by atoms with E-state index < -0.39 is 6.10 Å². The molecule has 0 spiro atoms. The summed E-state index contributed by atoms with van der Waals surface area (Å²) in [6, 6.07) is 18.8. The maximum atomic E-state index is 11.0. The summed E-state index contributed by atoms with van der Waals surface area (Å²) in [7, 11) is 0. The van der Waals surface area contributed by atoms with Crippen LogP contribution in [0.5, 0.6) is 0 Å². The second-order valence-electron chi connectivity index (χ2n) is 7.99. The van der Waals surface area contributed by atoms with E-state index in [4.69, 9.17) is 0 Å². The van der Waals surface area contributed by atoms with Gasteiger partial charge < -0.3 is 14.6 Å². The standard InChI is InChI=1S/C24H27N5O/c30-19(17-27-13-6-14-28(16-15-27)24-25-11-5-12-26-24)18-29-22-9-3-1-7-20(22)21-8-2-4-10-23(21)29/h1-5,7-12,19,30H,6,13-18H2. The van der Waals surface area contributed by atoms with Crippen LogP contribution in [-0.2, 0) is 6.54 Å². The van der Waals surface area contributed by atoms with Crippen LogP contribution in [0, 0.1) is 0 Å². The Labute approximate surface area is 176 Å². The van der Waals surface area contributed by atoms with Gasteiger partial charge in [0, 0.05) is 60.4 Å². The first-order chi connectivity index (χ1) is 14.8. The number of para-hydroxylation sites is 2. The van der Waals surface area contributed by atoms with Gasteiger partial charge in [-0.25, -0.2) is 9.97 Å². The van der Waals surface area contributed by atoms with Crippen molar-refractivity contribution in [1.82, 2.24) is 19.4 Å². The van der Waals surface area contributed by atoms with Gasteiger partial charge in [-0.3, -0.25) is 4.90 Å². The predicted octanol–water partition coefficient (Wildman–Crippen LogP) is 3.16. The Morgan fingerprint density at radius 3 is 2.13 bits per heavy atom. The molecule has 1 unspecified atom stereocenters. The number of anilines is 1. The SMILES string of the molecule is OC(CN1CCCN(c2ncccn2)CC1)Cn1c2ccccc2c2ccccc21. The molecule has 1 atom stereocenters. The molecule has 0 saturated carbocycles. The van der Waals surface area contributed by atoms with Crippen LogP contribution in [0.1, 0.15) is 6.42 Å². The van der Waals surface area contributed by atoms with Crippen LogP contribution >= 0.6 is 0 Å². The van der Waals surface area contributed by atoms with Crippen LogP contribution in [-0.4, -0.2) is 63.4 Å². The first-order valence-corrected chi connectivity index (χ1v) is 10.7. The van der Waals surface area contributed by atoms with Gasteiger partial charge in [0.25, 0.3) is 0 Å². The number of benzene rings is 2. The maximum absolute atomic E-state index is 11.0. The smallest absolute Gasteiger partial charge is 0.225 e. The highest BCUT2D eigenvalue weighted by molar-refractivity contribution is 6.07. The molecule has 1 N–H and O–H groups in total. The van der Waals surface area contributed by atoms with Gasteiger partial charge in [-0.15, -0.1) is 0 Å². The molecule has 0 amide bonds. The van der Waals surface area contributed by atoms with Gasteiger partial charge in [0.05, 0.1) is 12.6 Å². The minimum Gasteiger partial charge on any atom is -0.390 e. The largest absolute Gasteiger partial charge is 0.390 e. The summed E-state index contributed by atoms with van der Waals surface area (Å²) in [5.74, 6) is 0.796. The van der Waals surface area contributed by atoms with E-state index in [1.807, 2.05) is 6.07 Å². The molecule has 2 aromatic heterocycles. The fourth-order valence-corrected chi connectivity index (χ4v) is 4.57. The lowest BCUT2D eigenvalue weighted by atomic mass is 10.2. The number of β-amino-alcohol motifs (C(OH)–C–C–N with tert-alkyl or cyclic N) is 1. The molecule has 0 radical (unpaired) electrons. The highest BCUT2D eigenvalue weighted by Crippen LogP contribution is 2.29. The van der Waals surface area contributed by atoms with Crippen LogP contribution in [0.15, 0.2) is 67.0 Å². The second kappa shape index (κ2) is 8.42. The maximum Gasteiger partial charge on any atom is 0.225 e. The minimum atomic E-state index is -0.427. The molecule has 1 fully saturated rings. The topological polar surface area (TPSA) is 57.4 Å². The summed E-state index contributed by atoms with van der Waals surface area (Å²) in [5.41, 5.74) is 2.36. The number of nitrogens with zero attached hydrogens (tertiary/aromatic N) is 5. The molecular formula is C24H27N5O. The van der Waals surface area contributed by atoms with Gasteiger partial charge in [-0.1, -0.05) is 36.4 Å². The van der Waals surface area contributed by atoms with Crippen molar-refractivity contribution in [2.45, 2.75) is 19.1 Å². The third-order valence-corrected chi connectivity index (χ3v) is 5.97. The molecule has 1 aliphatic rings. The molecule has 5 rings (SSSR count). The predicted molar refractivity (Wildman–Crippen MR) is 121 cm³/mol. The van der Waals surface area contributed by atoms with Crippen molar-refractivity contribution in [1.29, 1.82) is 0 Å². The van der Waals surface area contributed by atoms with Crippen LogP contribution in [0.25, 0.3) is 21.8 Å². The number of hydrogen-bond acceptors (Lipinski definition) is 5. The Morgan fingerprint density at radius 2 is 1.43 bits per heavy atom. The summed E-state index contributed by atoms with van der Waals surface area (Å²) < 4.78 is 2.26. The lowest BCUT2D eigenvalue weighted by Gasteiger charge is -2.24. The minimum absolute atomic E-state index is 0.427. The number of aliphatic hydroxyl groups is 1. The van der Waals surface area contributed by atoms with Crippen LogP contribution in [0.2, 0.25) is 0 Å². The van der Waals surface area contributed by atoms with E-state index in [1.165, 1.54) is 21.8 Å².